The van der Waals surface area contributed by atoms with Crippen LogP contribution in [0.5, 0.6) is 0 Å². The van der Waals surface area contributed by atoms with E-state index in [0.29, 0.717) is 24.2 Å². The Balaban J connectivity index is 1.31. The predicted molar refractivity (Wildman–Crippen MR) is 107 cm³/mol. The van der Waals surface area contributed by atoms with E-state index in [2.05, 4.69) is 15.3 Å². The zero-order valence-corrected chi connectivity index (χ0v) is 16.1. The molecule has 1 aliphatic heterocycles. The first-order valence-corrected chi connectivity index (χ1v) is 10.2. The van der Waals surface area contributed by atoms with E-state index in [9.17, 15) is 9.59 Å². The van der Waals surface area contributed by atoms with Gasteiger partial charge in [0.05, 0.1) is 12.0 Å². The summed E-state index contributed by atoms with van der Waals surface area (Å²) in [4.78, 5) is 35.3. The van der Waals surface area contributed by atoms with Crippen molar-refractivity contribution in [1.29, 1.82) is 0 Å². The van der Waals surface area contributed by atoms with Crippen LogP contribution in [-0.2, 0) is 6.54 Å². The number of carbonyl (C=O) groups is 1. The predicted octanol–water partition coefficient (Wildman–Crippen LogP) is 2.67. The van der Waals surface area contributed by atoms with Gasteiger partial charge in [-0.05, 0) is 43.7 Å². The SMILES string of the molecule is O=C(NC1CCCC1)N1CCC(Cn2cnc(-c3cccnc3)cc2=O)CC1. The normalized spacial score (nSPS) is 18.4. The average Bonchev–Trinajstić information content (AvgIpc) is 3.24. The Hall–Kier alpha value is -2.70. The molecule has 28 heavy (non-hydrogen) atoms. The minimum Gasteiger partial charge on any atom is -0.335 e. The number of carbonyl (C=O) groups excluding carboxylic acids is 1. The lowest BCUT2D eigenvalue weighted by molar-refractivity contribution is 0.162. The third kappa shape index (κ3) is 4.40. The van der Waals surface area contributed by atoms with Crippen molar-refractivity contribution in [3.8, 4) is 11.3 Å². The van der Waals surface area contributed by atoms with E-state index in [0.717, 1.165) is 44.3 Å². The van der Waals surface area contributed by atoms with Gasteiger partial charge in [0.2, 0.25) is 0 Å². The van der Waals surface area contributed by atoms with Crippen LogP contribution in [0.15, 0.2) is 41.7 Å². The van der Waals surface area contributed by atoms with Gasteiger partial charge in [0, 0.05) is 49.7 Å². The van der Waals surface area contributed by atoms with E-state index in [4.69, 9.17) is 0 Å². The smallest absolute Gasteiger partial charge is 0.317 e. The molecular weight excluding hydrogens is 354 g/mol. The molecule has 0 aromatic carbocycles. The number of hydrogen-bond donors (Lipinski definition) is 1. The Morgan fingerprint density at radius 1 is 1.18 bits per heavy atom. The molecule has 7 nitrogen and oxygen atoms in total. The average molecular weight is 381 g/mol. The highest BCUT2D eigenvalue weighted by molar-refractivity contribution is 5.74. The summed E-state index contributed by atoms with van der Waals surface area (Å²) in [7, 11) is 0. The summed E-state index contributed by atoms with van der Waals surface area (Å²) in [6.45, 7) is 2.15. The van der Waals surface area contributed by atoms with Gasteiger partial charge in [-0.3, -0.25) is 14.3 Å². The minimum atomic E-state index is -0.0461. The number of nitrogens with one attached hydrogen (secondary N) is 1. The Bertz CT molecular complexity index is 853. The summed E-state index contributed by atoms with van der Waals surface area (Å²) in [6, 6.07) is 5.73. The highest BCUT2D eigenvalue weighted by Gasteiger charge is 2.25. The molecule has 1 saturated heterocycles. The monoisotopic (exact) mass is 381 g/mol. The highest BCUT2D eigenvalue weighted by atomic mass is 16.2. The van der Waals surface area contributed by atoms with Gasteiger partial charge in [-0.1, -0.05) is 12.8 Å². The Morgan fingerprint density at radius 3 is 2.64 bits per heavy atom. The van der Waals surface area contributed by atoms with Crippen LogP contribution in [0.1, 0.15) is 38.5 Å². The molecule has 0 radical (unpaired) electrons. The quantitative estimate of drug-likeness (QED) is 0.883. The third-order valence-corrected chi connectivity index (χ3v) is 5.88. The largest absolute Gasteiger partial charge is 0.335 e. The maximum absolute atomic E-state index is 12.5. The topological polar surface area (TPSA) is 80.1 Å². The summed E-state index contributed by atoms with van der Waals surface area (Å²) < 4.78 is 1.68. The molecule has 0 bridgehead atoms. The van der Waals surface area contributed by atoms with Crippen molar-refractivity contribution in [2.45, 2.75) is 51.1 Å². The van der Waals surface area contributed by atoms with Gasteiger partial charge in [0.1, 0.15) is 0 Å². The maximum Gasteiger partial charge on any atom is 0.317 e. The minimum absolute atomic E-state index is 0.0461. The molecule has 148 valence electrons. The van der Waals surface area contributed by atoms with Crippen LogP contribution < -0.4 is 10.9 Å². The number of hydrogen-bond acceptors (Lipinski definition) is 4. The Morgan fingerprint density at radius 2 is 1.96 bits per heavy atom. The number of nitrogens with zero attached hydrogens (tertiary/aromatic N) is 4. The number of likely N-dealkylation sites (tertiary alicyclic amines) is 1. The molecule has 4 rings (SSSR count). The summed E-state index contributed by atoms with van der Waals surface area (Å²) in [5.74, 6) is 0.388. The van der Waals surface area contributed by atoms with Crippen LogP contribution in [0.3, 0.4) is 0 Å². The van der Waals surface area contributed by atoms with Crippen molar-refractivity contribution >= 4 is 6.03 Å². The molecule has 0 unspecified atom stereocenters. The lowest BCUT2D eigenvalue weighted by atomic mass is 9.97. The van der Waals surface area contributed by atoms with E-state index in [1.807, 2.05) is 17.0 Å². The molecular formula is C21H27N5O2. The highest BCUT2D eigenvalue weighted by Crippen LogP contribution is 2.21. The molecule has 2 aliphatic rings. The van der Waals surface area contributed by atoms with Crippen molar-refractivity contribution in [2.24, 2.45) is 5.92 Å². The van der Waals surface area contributed by atoms with E-state index in [1.54, 1.807) is 29.4 Å². The summed E-state index contributed by atoms with van der Waals surface area (Å²) in [5.41, 5.74) is 1.44. The maximum atomic E-state index is 12.5. The van der Waals surface area contributed by atoms with Gasteiger partial charge in [0.25, 0.3) is 5.56 Å². The fraction of sp³-hybridized carbons (Fsp3) is 0.524. The van der Waals surface area contributed by atoms with E-state index < -0.39 is 0 Å². The summed E-state index contributed by atoms with van der Waals surface area (Å²) in [6.07, 6.45) is 11.5. The van der Waals surface area contributed by atoms with Gasteiger partial charge >= 0.3 is 6.03 Å². The van der Waals surface area contributed by atoms with Crippen molar-refractivity contribution < 1.29 is 4.79 Å². The number of piperidine rings is 1. The molecule has 2 aromatic rings. The summed E-state index contributed by atoms with van der Waals surface area (Å²) >= 11 is 0. The van der Waals surface area contributed by atoms with Gasteiger partial charge < -0.3 is 10.2 Å². The second kappa shape index (κ2) is 8.54. The van der Waals surface area contributed by atoms with Gasteiger partial charge in [0.15, 0.2) is 0 Å². The summed E-state index contributed by atoms with van der Waals surface area (Å²) in [5, 5.41) is 3.16. The first-order valence-electron chi connectivity index (χ1n) is 10.2. The van der Waals surface area contributed by atoms with Crippen LogP contribution >= 0.6 is 0 Å². The van der Waals surface area contributed by atoms with E-state index >= 15 is 0 Å². The zero-order valence-electron chi connectivity index (χ0n) is 16.1. The van der Waals surface area contributed by atoms with E-state index in [1.165, 1.54) is 12.8 Å². The lowest BCUT2D eigenvalue weighted by Crippen LogP contribution is -2.47. The fourth-order valence-electron chi connectivity index (χ4n) is 4.17. The number of amides is 2. The number of pyridine rings is 1. The zero-order chi connectivity index (χ0) is 19.3. The molecule has 2 aromatic heterocycles. The lowest BCUT2D eigenvalue weighted by Gasteiger charge is -2.33. The van der Waals surface area contributed by atoms with Crippen LogP contribution in [0.4, 0.5) is 4.79 Å². The van der Waals surface area contributed by atoms with Crippen molar-refractivity contribution in [1.82, 2.24) is 24.8 Å². The van der Waals surface area contributed by atoms with Gasteiger partial charge in [-0.2, -0.15) is 0 Å². The molecule has 0 atom stereocenters. The number of aromatic nitrogens is 3. The number of urea groups is 1. The molecule has 1 N–H and O–H groups in total. The first-order chi connectivity index (χ1) is 13.7. The van der Waals surface area contributed by atoms with Gasteiger partial charge in [-0.15, -0.1) is 0 Å². The van der Waals surface area contributed by atoms with E-state index in [-0.39, 0.29) is 11.6 Å². The second-order valence-corrected chi connectivity index (χ2v) is 7.87. The molecule has 7 heteroatoms. The van der Waals surface area contributed by atoms with Crippen LogP contribution in [0.2, 0.25) is 0 Å². The molecule has 2 amide bonds. The van der Waals surface area contributed by atoms with Crippen LogP contribution in [-0.4, -0.2) is 44.6 Å². The molecule has 3 heterocycles. The third-order valence-electron chi connectivity index (χ3n) is 5.88. The first kappa shape index (κ1) is 18.7. The Kier molecular flexibility index (Phi) is 5.69. The van der Waals surface area contributed by atoms with Crippen molar-refractivity contribution in [3.63, 3.8) is 0 Å². The molecule has 1 saturated carbocycles. The molecule has 0 spiro atoms. The molecule has 1 aliphatic carbocycles. The number of rotatable bonds is 4. The standard InChI is InChI=1S/C21H27N5O2/c27-20-12-19(17-4-3-9-22-13-17)23-15-26(20)14-16-7-10-25(11-8-16)21(28)24-18-5-1-2-6-18/h3-4,9,12-13,15-16,18H,1-2,5-8,10-11,14H2,(H,24,28). The van der Waals surface area contributed by atoms with Crippen molar-refractivity contribution in [3.05, 3.63) is 47.3 Å². The second-order valence-electron chi connectivity index (χ2n) is 7.87. The van der Waals surface area contributed by atoms with Crippen molar-refractivity contribution in [2.75, 3.05) is 13.1 Å². The van der Waals surface area contributed by atoms with Gasteiger partial charge in [-0.25, -0.2) is 9.78 Å². The fourth-order valence-corrected chi connectivity index (χ4v) is 4.17. The molecule has 2 fully saturated rings. The van der Waals surface area contributed by atoms with Crippen LogP contribution in [0.25, 0.3) is 11.3 Å². The Labute approximate surface area is 164 Å². The van der Waals surface area contributed by atoms with Crippen LogP contribution in [0, 0.1) is 5.92 Å².